The number of benzene rings is 1. The zero-order valence-corrected chi connectivity index (χ0v) is 11.9. The number of nitrogens with zero attached hydrogens (tertiary/aromatic N) is 1. The number of nitro benzene ring substituents is 1. The van der Waals surface area contributed by atoms with Gasteiger partial charge in [0.25, 0.3) is 5.69 Å². The molecule has 108 valence electrons. The summed E-state index contributed by atoms with van der Waals surface area (Å²) in [7, 11) is 0. The van der Waals surface area contributed by atoms with Crippen molar-refractivity contribution in [1.82, 2.24) is 5.32 Å². The van der Waals surface area contributed by atoms with Crippen molar-refractivity contribution >= 4 is 17.3 Å². The third-order valence-electron chi connectivity index (χ3n) is 3.85. The lowest BCUT2D eigenvalue weighted by Gasteiger charge is -2.15. The zero-order valence-electron chi connectivity index (χ0n) is 11.9. The minimum absolute atomic E-state index is 0.0310. The second-order valence-corrected chi connectivity index (χ2v) is 5.44. The molecule has 0 saturated carbocycles. The minimum Gasteiger partial charge on any atom is -0.325 e. The van der Waals surface area contributed by atoms with Crippen molar-refractivity contribution in [1.29, 1.82) is 0 Å². The molecule has 1 saturated heterocycles. The quantitative estimate of drug-likeness (QED) is 0.654. The van der Waals surface area contributed by atoms with Crippen LogP contribution in [-0.4, -0.2) is 23.9 Å². The summed E-state index contributed by atoms with van der Waals surface area (Å²) in [5.41, 5.74) is 1.98. The molecule has 0 aliphatic carbocycles. The van der Waals surface area contributed by atoms with Crippen LogP contribution in [-0.2, 0) is 4.79 Å². The van der Waals surface area contributed by atoms with E-state index in [2.05, 4.69) is 10.6 Å². The molecule has 2 rings (SSSR count). The molecule has 1 aromatic rings. The molecular formula is C14H19N3O3. The molecule has 0 radical (unpaired) electrons. The van der Waals surface area contributed by atoms with Gasteiger partial charge in [0.2, 0.25) is 5.91 Å². The van der Waals surface area contributed by atoms with Crippen LogP contribution in [0.1, 0.15) is 18.1 Å². The number of carbonyl (C=O) groups excluding carboxylic acids is 1. The lowest BCUT2D eigenvalue weighted by molar-refractivity contribution is -0.385. The smallest absolute Gasteiger partial charge is 0.274 e. The number of anilines is 1. The highest BCUT2D eigenvalue weighted by molar-refractivity contribution is 5.94. The average molecular weight is 277 g/mol. The Labute approximate surface area is 117 Å². The predicted octanol–water partition coefficient (Wildman–Crippen LogP) is 2.01. The summed E-state index contributed by atoms with van der Waals surface area (Å²) < 4.78 is 0. The monoisotopic (exact) mass is 277 g/mol. The fraction of sp³-hybridized carbons (Fsp3) is 0.500. The molecule has 1 amide bonds. The Balaban J connectivity index is 2.22. The molecule has 2 N–H and O–H groups in total. The minimum atomic E-state index is -0.426. The standard InChI is InChI=1S/C14H19N3O3/c1-8-4-9(2)13(17(19)20)5-12(8)16-14(18)11-7-15-6-10(11)3/h4-5,10-11,15H,6-7H2,1-3H3,(H,16,18)/t10-,11-/m1/s1. The molecule has 1 fully saturated rings. The van der Waals surface area contributed by atoms with Gasteiger partial charge in [0.15, 0.2) is 0 Å². The zero-order chi connectivity index (χ0) is 14.9. The number of carbonyl (C=O) groups is 1. The maximum absolute atomic E-state index is 12.2. The summed E-state index contributed by atoms with van der Waals surface area (Å²) in [6, 6.07) is 3.17. The van der Waals surface area contributed by atoms with Gasteiger partial charge in [-0.3, -0.25) is 14.9 Å². The number of rotatable bonds is 3. The Hall–Kier alpha value is -1.95. The first-order chi connectivity index (χ1) is 9.40. The fourth-order valence-electron chi connectivity index (χ4n) is 2.56. The van der Waals surface area contributed by atoms with Crippen molar-refractivity contribution in [2.45, 2.75) is 20.8 Å². The van der Waals surface area contributed by atoms with Crippen LogP contribution < -0.4 is 10.6 Å². The van der Waals surface area contributed by atoms with Crippen LogP contribution in [0.5, 0.6) is 0 Å². The van der Waals surface area contributed by atoms with Crippen LogP contribution in [0.25, 0.3) is 0 Å². The van der Waals surface area contributed by atoms with E-state index in [1.165, 1.54) is 6.07 Å². The third kappa shape index (κ3) is 2.80. The average Bonchev–Trinajstić information content (AvgIpc) is 2.78. The van der Waals surface area contributed by atoms with Crippen LogP contribution in [0.3, 0.4) is 0 Å². The van der Waals surface area contributed by atoms with Crippen LogP contribution in [0.4, 0.5) is 11.4 Å². The van der Waals surface area contributed by atoms with E-state index in [1.807, 2.05) is 13.8 Å². The highest BCUT2D eigenvalue weighted by atomic mass is 16.6. The van der Waals surface area contributed by atoms with Gasteiger partial charge in [-0.25, -0.2) is 0 Å². The van der Waals surface area contributed by atoms with Crippen molar-refractivity contribution in [2.75, 3.05) is 18.4 Å². The van der Waals surface area contributed by atoms with Gasteiger partial charge in [-0.2, -0.15) is 0 Å². The van der Waals surface area contributed by atoms with Gasteiger partial charge in [0.05, 0.1) is 16.5 Å². The van der Waals surface area contributed by atoms with Gasteiger partial charge in [-0.1, -0.05) is 6.92 Å². The third-order valence-corrected chi connectivity index (χ3v) is 3.85. The first-order valence-electron chi connectivity index (χ1n) is 6.67. The van der Waals surface area contributed by atoms with E-state index in [-0.39, 0.29) is 23.4 Å². The number of hydrogen-bond acceptors (Lipinski definition) is 4. The van der Waals surface area contributed by atoms with Gasteiger partial charge in [-0.15, -0.1) is 0 Å². The van der Waals surface area contributed by atoms with Gasteiger partial charge >= 0.3 is 0 Å². The van der Waals surface area contributed by atoms with Crippen molar-refractivity contribution in [3.63, 3.8) is 0 Å². The first kappa shape index (κ1) is 14.5. The summed E-state index contributed by atoms with van der Waals surface area (Å²) in [6.07, 6.45) is 0. The van der Waals surface area contributed by atoms with E-state index in [1.54, 1.807) is 13.0 Å². The number of hydrogen-bond donors (Lipinski definition) is 2. The topological polar surface area (TPSA) is 84.3 Å². The van der Waals surface area contributed by atoms with Gasteiger partial charge in [0.1, 0.15) is 0 Å². The molecule has 1 aliphatic heterocycles. The Bertz CT molecular complexity index is 557. The van der Waals surface area contributed by atoms with E-state index >= 15 is 0 Å². The fourth-order valence-corrected chi connectivity index (χ4v) is 2.56. The summed E-state index contributed by atoms with van der Waals surface area (Å²) in [5.74, 6) is 0.106. The SMILES string of the molecule is Cc1cc(C)c([N+](=O)[O-])cc1NC(=O)[C@@H]1CNC[C@H]1C. The van der Waals surface area contributed by atoms with E-state index in [4.69, 9.17) is 0 Å². The molecular weight excluding hydrogens is 258 g/mol. The normalized spacial score (nSPS) is 21.8. The van der Waals surface area contributed by atoms with Crippen LogP contribution in [0.2, 0.25) is 0 Å². The van der Waals surface area contributed by atoms with Crippen molar-refractivity contribution in [3.05, 3.63) is 33.4 Å². The van der Waals surface area contributed by atoms with Crippen molar-refractivity contribution in [2.24, 2.45) is 11.8 Å². The molecule has 2 atom stereocenters. The first-order valence-corrected chi connectivity index (χ1v) is 6.67. The summed E-state index contributed by atoms with van der Waals surface area (Å²) in [5, 5.41) is 17.0. The number of amides is 1. The van der Waals surface area contributed by atoms with E-state index < -0.39 is 4.92 Å². The van der Waals surface area contributed by atoms with Gasteiger partial charge < -0.3 is 10.6 Å². The highest BCUT2D eigenvalue weighted by Crippen LogP contribution is 2.27. The Kier molecular flexibility index (Phi) is 4.04. The van der Waals surface area contributed by atoms with Gasteiger partial charge in [0, 0.05) is 18.2 Å². The van der Waals surface area contributed by atoms with Crippen LogP contribution >= 0.6 is 0 Å². The Morgan fingerprint density at radius 3 is 2.60 bits per heavy atom. The molecule has 1 aliphatic rings. The molecule has 20 heavy (non-hydrogen) atoms. The molecule has 0 bridgehead atoms. The lowest BCUT2D eigenvalue weighted by atomic mass is 9.97. The molecule has 6 heteroatoms. The summed E-state index contributed by atoms with van der Waals surface area (Å²) >= 11 is 0. The largest absolute Gasteiger partial charge is 0.325 e. The molecule has 1 heterocycles. The van der Waals surface area contributed by atoms with Crippen molar-refractivity contribution < 1.29 is 9.72 Å². The molecule has 0 aromatic heterocycles. The van der Waals surface area contributed by atoms with Gasteiger partial charge in [-0.05, 0) is 37.9 Å². The molecule has 1 aromatic carbocycles. The Morgan fingerprint density at radius 1 is 1.35 bits per heavy atom. The lowest BCUT2D eigenvalue weighted by Crippen LogP contribution is -2.28. The second-order valence-electron chi connectivity index (χ2n) is 5.44. The predicted molar refractivity (Wildman–Crippen MR) is 76.7 cm³/mol. The molecule has 6 nitrogen and oxygen atoms in total. The maximum Gasteiger partial charge on any atom is 0.274 e. The van der Waals surface area contributed by atoms with Crippen molar-refractivity contribution in [3.8, 4) is 0 Å². The highest BCUT2D eigenvalue weighted by Gasteiger charge is 2.30. The molecule has 0 unspecified atom stereocenters. The van der Waals surface area contributed by atoms with E-state index in [0.717, 1.165) is 12.1 Å². The van der Waals surface area contributed by atoms with Crippen LogP contribution in [0.15, 0.2) is 12.1 Å². The second kappa shape index (κ2) is 5.58. The molecule has 0 spiro atoms. The number of aryl methyl sites for hydroxylation is 2. The number of nitrogens with one attached hydrogen (secondary N) is 2. The summed E-state index contributed by atoms with van der Waals surface area (Å²) in [6.45, 7) is 7.03. The maximum atomic E-state index is 12.2. The Morgan fingerprint density at radius 2 is 2.05 bits per heavy atom. The van der Waals surface area contributed by atoms with E-state index in [9.17, 15) is 14.9 Å². The summed E-state index contributed by atoms with van der Waals surface area (Å²) in [4.78, 5) is 22.8. The van der Waals surface area contributed by atoms with Crippen LogP contribution in [0, 0.1) is 35.8 Å². The van der Waals surface area contributed by atoms with E-state index in [0.29, 0.717) is 17.8 Å². The number of nitro groups is 1.